The Labute approximate surface area is 203 Å². The van der Waals surface area contributed by atoms with E-state index in [4.69, 9.17) is 15.9 Å². The number of nitrogens with zero attached hydrogens (tertiary/aromatic N) is 3. The van der Waals surface area contributed by atoms with Gasteiger partial charge in [-0.3, -0.25) is 14.4 Å². The molecule has 3 N–H and O–H groups in total. The molecule has 0 spiro atoms. The van der Waals surface area contributed by atoms with Crippen LogP contribution in [-0.2, 0) is 0 Å². The number of nitrogens with two attached hydrogens (primary N) is 1. The van der Waals surface area contributed by atoms with Crippen LogP contribution in [0.3, 0.4) is 0 Å². The Balaban J connectivity index is 2.02. The van der Waals surface area contributed by atoms with Crippen LogP contribution in [-0.4, -0.2) is 23.7 Å². The van der Waals surface area contributed by atoms with Gasteiger partial charge in [0.2, 0.25) is 0 Å². The lowest BCUT2D eigenvalue weighted by atomic mass is 9.97. The number of benzene rings is 3. The average Bonchev–Trinajstić information content (AvgIpc) is 2.89. The number of nitrogens with one attached hydrogen (secondary N) is 1. The maximum atomic E-state index is 14.1. The number of hydrogen-bond donors (Lipinski definition) is 2. The standard InChI is InChI=1S/C28H25N5O2/c1-18(32-27(31)21(16-29)17-30)25-15-20-9-7-13-24(19-8-6-12-23(14-19)35-2)26(20)28(34)33(25)22-10-4-3-5-11-22/h3-16,18,21,29H,1-2H3,(H2,31,32). The SMILES string of the molecule is COc1cccc(-c2cccc3cc(C(C)N=C(N)C(C#N)C=N)n(-c4ccccc4)c(=O)c23)c1. The number of fused-ring (bicyclic) bond motifs is 1. The number of amidine groups is 1. The van der Waals surface area contributed by atoms with E-state index in [-0.39, 0.29) is 11.4 Å². The van der Waals surface area contributed by atoms with Gasteiger partial charge in [-0.05, 0) is 53.8 Å². The molecule has 1 heterocycles. The summed E-state index contributed by atoms with van der Waals surface area (Å²) in [4.78, 5) is 18.6. The highest BCUT2D eigenvalue weighted by Gasteiger charge is 2.20. The highest BCUT2D eigenvalue weighted by atomic mass is 16.5. The van der Waals surface area contributed by atoms with Crippen LogP contribution in [0, 0.1) is 22.7 Å². The molecule has 0 aliphatic rings. The fourth-order valence-electron chi connectivity index (χ4n) is 4.12. The van der Waals surface area contributed by atoms with Crippen LogP contribution < -0.4 is 16.0 Å². The Morgan fingerprint density at radius 2 is 1.86 bits per heavy atom. The minimum Gasteiger partial charge on any atom is -0.497 e. The molecule has 0 aliphatic heterocycles. The van der Waals surface area contributed by atoms with Crippen molar-refractivity contribution < 1.29 is 4.74 Å². The molecule has 1 aromatic heterocycles. The number of rotatable bonds is 7. The lowest BCUT2D eigenvalue weighted by molar-refractivity contribution is 0.415. The maximum absolute atomic E-state index is 14.1. The quantitative estimate of drug-likeness (QED) is 0.300. The second-order valence-electron chi connectivity index (χ2n) is 8.05. The zero-order valence-electron chi connectivity index (χ0n) is 19.5. The number of pyridine rings is 1. The molecule has 0 radical (unpaired) electrons. The molecule has 7 heteroatoms. The highest BCUT2D eigenvalue weighted by molar-refractivity contribution is 5.98. The lowest BCUT2D eigenvalue weighted by Crippen LogP contribution is -2.27. The first-order valence-electron chi connectivity index (χ1n) is 11.1. The van der Waals surface area contributed by atoms with E-state index in [2.05, 4.69) is 4.99 Å². The fourth-order valence-corrected chi connectivity index (χ4v) is 4.12. The predicted octanol–water partition coefficient (Wildman–Crippen LogP) is 4.87. The minimum absolute atomic E-state index is 0.0345. The van der Waals surface area contributed by atoms with Crippen molar-refractivity contribution >= 4 is 22.8 Å². The molecule has 0 bridgehead atoms. The highest BCUT2D eigenvalue weighted by Crippen LogP contribution is 2.31. The Kier molecular flexibility index (Phi) is 6.74. The van der Waals surface area contributed by atoms with E-state index in [1.165, 1.54) is 0 Å². The molecule has 0 aliphatic carbocycles. The first kappa shape index (κ1) is 23.5. The average molecular weight is 464 g/mol. The van der Waals surface area contributed by atoms with Crippen molar-refractivity contribution in [2.75, 3.05) is 7.11 Å². The van der Waals surface area contributed by atoms with Gasteiger partial charge in [0.15, 0.2) is 0 Å². The van der Waals surface area contributed by atoms with Crippen molar-refractivity contribution in [3.8, 4) is 28.6 Å². The summed E-state index contributed by atoms with van der Waals surface area (Å²) in [5.41, 5.74) is 8.82. The molecule has 0 saturated heterocycles. The van der Waals surface area contributed by atoms with E-state index in [0.29, 0.717) is 22.5 Å². The normalized spacial score (nSPS) is 13.1. The molecule has 7 nitrogen and oxygen atoms in total. The molecule has 3 aromatic carbocycles. The Morgan fingerprint density at radius 3 is 2.54 bits per heavy atom. The van der Waals surface area contributed by atoms with Crippen molar-refractivity contribution in [2.45, 2.75) is 13.0 Å². The Hall–Kier alpha value is -4.70. The second kappa shape index (κ2) is 10.1. The number of nitriles is 1. The van der Waals surface area contributed by atoms with Crippen molar-refractivity contribution in [3.05, 3.63) is 94.9 Å². The van der Waals surface area contributed by atoms with Gasteiger partial charge in [-0.25, -0.2) is 0 Å². The van der Waals surface area contributed by atoms with Gasteiger partial charge in [0, 0.05) is 11.9 Å². The Morgan fingerprint density at radius 1 is 1.11 bits per heavy atom. The summed E-state index contributed by atoms with van der Waals surface area (Å²) in [7, 11) is 1.61. The van der Waals surface area contributed by atoms with Crippen molar-refractivity contribution in [1.82, 2.24) is 4.57 Å². The van der Waals surface area contributed by atoms with Gasteiger partial charge in [-0.1, -0.05) is 48.5 Å². The van der Waals surface area contributed by atoms with Crippen LogP contribution in [0.15, 0.2) is 88.6 Å². The zero-order chi connectivity index (χ0) is 24.9. The molecule has 4 rings (SSSR count). The number of ether oxygens (including phenoxy) is 1. The second-order valence-corrected chi connectivity index (χ2v) is 8.05. The van der Waals surface area contributed by atoms with E-state index in [1.807, 2.05) is 91.9 Å². The molecule has 0 amide bonds. The summed E-state index contributed by atoms with van der Waals surface area (Å²) in [5, 5.41) is 18.0. The third kappa shape index (κ3) is 4.55. The van der Waals surface area contributed by atoms with E-state index in [0.717, 1.165) is 22.7 Å². The molecule has 0 fully saturated rings. The van der Waals surface area contributed by atoms with Gasteiger partial charge in [-0.2, -0.15) is 5.26 Å². The number of para-hydroxylation sites is 1. The smallest absolute Gasteiger partial charge is 0.263 e. The van der Waals surface area contributed by atoms with Crippen LogP contribution in [0.5, 0.6) is 5.75 Å². The van der Waals surface area contributed by atoms with E-state index in [9.17, 15) is 10.1 Å². The van der Waals surface area contributed by atoms with Crippen LogP contribution >= 0.6 is 0 Å². The summed E-state index contributed by atoms with van der Waals surface area (Å²) < 4.78 is 7.03. The van der Waals surface area contributed by atoms with Crippen molar-refractivity contribution in [3.63, 3.8) is 0 Å². The maximum Gasteiger partial charge on any atom is 0.263 e. The molecule has 174 valence electrons. The van der Waals surface area contributed by atoms with Crippen molar-refractivity contribution in [1.29, 1.82) is 10.7 Å². The van der Waals surface area contributed by atoms with Gasteiger partial charge in [0.05, 0.1) is 30.3 Å². The summed E-state index contributed by atoms with van der Waals surface area (Å²) in [5.74, 6) is -0.182. The third-order valence-electron chi connectivity index (χ3n) is 5.87. The van der Waals surface area contributed by atoms with E-state index >= 15 is 0 Å². The van der Waals surface area contributed by atoms with Crippen LogP contribution in [0.1, 0.15) is 18.7 Å². The van der Waals surface area contributed by atoms with Crippen LogP contribution in [0.4, 0.5) is 0 Å². The third-order valence-corrected chi connectivity index (χ3v) is 5.87. The van der Waals surface area contributed by atoms with Gasteiger partial charge >= 0.3 is 0 Å². The molecule has 0 saturated carbocycles. The van der Waals surface area contributed by atoms with Gasteiger partial charge in [0.1, 0.15) is 17.5 Å². The minimum atomic E-state index is -0.922. The zero-order valence-corrected chi connectivity index (χ0v) is 19.5. The predicted molar refractivity (Wildman–Crippen MR) is 139 cm³/mol. The number of aromatic nitrogens is 1. The number of methoxy groups -OCH3 is 1. The molecule has 35 heavy (non-hydrogen) atoms. The first-order chi connectivity index (χ1) is 17.0. The molecular formula is C28H25N5O2. The summed E-state index contributed by atoms with van der Waals surface area (Å²) in [6, 6.07) is 26.0. The number of aliphatic imine (C=N–C) groups is 1. The largest absolute Gasteiger partial charge is 0.497 e. The first-order valence-corrected chi connectivity index (χ1v) is 11.1. The summed E-state index contributed by atoms with van der Waals surface area (Å²) >= 11 is 0. The van der Waals surface area contributed by atoms with E-state index < -0.39 is 12.0 Å². The molecule has 4 aromatic rings. The molecular weight excluding hydrogens is 438 g/mol. The lowest BCUT2D eigenvalue weighted by Gasteiger charge is -2.19. The van der Waals surface area contributed by atoms with Crippen LogP contribution in [0.2, 0.25) is 0 Å². The van der Waals surface area contributed by atoms with E-state index in [1.54, 1.807) is 11.7 Å². The van der Waals surface area contributed by atoms with Gasteiger partial charge in [-0.15, -0.1) is 0 Å². The molecule has 2 atom stereocenters. The van der Waals surface area contributed by atoms with Crippen molar-refractivity contribution in [2.24, 2.45) is 16.6 Å². The monoisotopic (exact) mass is 463 g/mol. The Bertz CT molecular complexity index is 1520. The summed E-state index contributed by atoms with van der Waals surface area (Å²) in [6.45, 7) is 1.82. The van der Waals surface area contributed by atoms with Crippen LogP contribution in [0.25, 0.3) is 27.6 Å². The van der Waals surface area contributed by atoms with Gasteiger partial charge < -0.3 is 15.9 Å². The fraction of sp³-hybridized carbons (Fsp3) is 0.143. The topological polar surface area (TPSA) is 117 Å². The summed E-state index contributed by atoms with van der Waals surface area (Å²) in [6.07, 6.45) is 0.955. The molecule has 2 unspecified atom stereocenters. The number of hydrogen-bond acceptors (Lipinski definition) is 5. The van der Waals surface area contributed by atoms with Gasteiger partial charge in [0.25, 0.3) is 5.56 Å².